The van der Waals surface area contributed by atoms with Gasteiger partial charge in [0.1, 0.15) is 5.49 Å². The van der Waals surface area contributed by atoms with E-state index in [-0.39, 0.29) is 23.3 Å². The van der Waals surface area contributed by atoms with E-state index in [0.717, 1.165) is 11.4 Å². The number of fused-ring (bicyclic) bond motifs is 1. The van der Waals surface area contributed by atoms with Crippen LogP contribution in [0.1, 0.15) is 6.92 Å². The zero-order chi connectivity index (χ0) is 21.1. The minimum Gasteiger partial charge on any atom is -0.377 e. The number of anilines is 1. The molecule has 2 aromatic rings. The van der Waals surface area contributed by atoms with Gasteiger partial charge in [0.05, 0.1) is 37.4 Å². The van der Waals surface area contributed by atoms with Crippen LogP contribution in [0.25, 0.3) is 17.5 Å². The smallest absolute Gasteiger partial charge is 0.317 e. The van der Waals surface area contributed by atoms with E-state index >= 15 is 0 Å². The molecular formula is C19H23ClFN7O2. The second-order valence-corrected chi connectivity index (χ2v) is 7.58. The Morgan fingerprint density at radius 1 is 1.50 bits per heavy atom. The van der Waals surface area contributed by atoms with E-state index in [1.54, 1.807) is 11.1 Å². The second kappa shape index (κ2) is 8.97. The fraction of sp³-hybridized carbons (Fsp3) is 0.474. The second-order valence-electron chi connectivity index (χ2n) is 7.02. The lowest BCUT2D eigenvalue weighted by Gasteiger charge is -2.35. The summed E-state index contributed by atoms with van der Waals surface area (Å²) in [5.74, 6) is -0.158. The minimum absolute atomic E-state index is 0.0616. The van der Waals surface area contributed by atoms with Crippen molar-refractivity contribution in [1.82, 2.24) is 25.2 Å². The summed E-state index contributed by atoms with van der Waals surface area (Å²) in [4.78, 5) is 29.9. The summed E-state index contributed by atoms with van der Waals surface area (Å²) in [5.41, 5.74) is 1.41. The Morgan fingerprint density at radius 2 is 2.37 bits per heavy atom. The van der Waals surface area contributed by atoms with E-state index in [2.05, 4.69) is 30.6 Å². The molecule has 2 unspecified atom stereocenters. The number of morpholine rings is 1. The third kappa shape index (κ3) is 4.24. The zero-order valence-electron chi connectivity index (χ0n) is 16.5. The van der Waals surface area contributed by atoms with Gasteiger partial charge in [-0.2, -0.15) is 0 Å². The van der Waals surface area contributed by atoms with E-state index in [4.69, 9.17) is 16.3 Å². The number of alkyl halides is 1. The van der Waals surface area contributed by atoms with E-state index in [1.165, 1.54) is 0 Å². The molecule has 1 fully saturated rings. The van der Waals surface area contributed by atoms with E-state index < -0.39 is 5.82 Å². The largest absolute Gasteiger partial charge is 0.377 e. The summed E-state index contributed by atoms with van der Waals surface area (Å²) in [6.45, 7) is 4.50. The average Bonchev–Trinajstić information content (AvgIpc) is 3.16. The molecule has 2 aromatic heterocycles. The summed E-state index contributed by atoms with van der Waals surface area (Å²) < 4.78 is 19.9. The number of carbonyl (C=O) groups is 1. The number of rotatable bonds is 5. The molecule has 0 aliphatic carbocycles. The predicted octanol–water partition coefficient (Wildman–Crippen LogP) is 0.474. The van der Waals surface area contributed by atoms with E-state index in [9.17, 15) is 9.18 Å². The summed E-state index contributed by atoms with van der Waals surface area (Å²) in [6, 6.07) is -0.405. The Hall–Kier alpha value is -2.72. The topological polar surface area (TPSA) is 108 Å². The Morgan fingerprint density at radius 3 is 3.20 bits per heavy atom. The molecule has 3 N–H and O–H groups in total. The van der Waals surface area contributed by atoms with Crippen molar-refractivity contribution in [1.29, 1.82) is 0 Å². The van der Waals surface area contributed by atoms with Gasteiger partial charge in [0, 0.05) is 36.6 Å². The van der Waals surface area contributed by atoms with Gasteiger partial charge in [0.15, 0.2) is 17.5 Å². The van der Waals surface area contributed by atoms with Gasteiger partial charge in [0.2, 0.25) is 0 Å². The SMILES string of the molecule is CCNC(=O)N1CCOCC1CNc1nc(-c2c[nH]c3c2=CC(Cl)CN=3)ncc1F. The molecule has 2 aliphatic rings. The zero-order valence-corrected chi connectivity index (χ0v) is 17.2. The van der Waals surface area contributed by atoms with Crippen molar-refractivity contribution in [2.75, 3.05) is 44.7 Å². The number of amides is 2. The number of H-pyrrole nitrogens is 1. The minimum atomic E-state index is -0.576. The molecule has 4 heterocycles. The van der Waals surface area contributed by atoms with Gasteiger partial charge >= 0.3 is 6.03 Å². The number of halogens is 2. The van der Waals surface area contributed by atoms with Crippen LogP contribution in [-0.2, 0) is 4.74 Å². The Labute approximate surface area is 177 Å². The summed E-state index contributed by atoms with van der Waals surface area (Å²) >= 11 is 6.19. The van der Waals surface area contributed by atoms with Crippen molar-refractivity contribution < 1.29 is 13.9 Å². The molecule has 0 saturated carbocycles. The Kier molecular flexibility index (Phi) is 6.14. The van der Waals surface area contributed by atoms with Crippen LogP contribution in [0.2, 0.25) is 0 Å². The number of hydrogen-bond donors (Lipinski definition) is 3. The van der Waals surface area contributed by atoms with Crippen molar-refractivity contribution in [3.63, 3.8) is 0 Å². The third-order valence-electron chi connectivity index (χ3n) is 4.98. The first-order chi connectivity index (χ1) is 14.6. The Bertz CT molecular complexity index is 1040. The number of ether oxygens (including phenoxy) is 1. The van der Waals surface area contributed by atoms with Gasteiger partial charge in [-0.1, -0.05) is 6.08 Å². The van der Waals surface area contributed by atoms with Crippen LogP contribution in [0.4, 0.5) is 15.0 Å². The van der Waals surface area contributed by atoms with Crippen molar-refractivity contribution in [3.8, 4) is 11.4 Å². The quantitative estimate of drug-likeness (QED) is 0.592. The van der Waals surface area contributed by atoms with Crippen LogP contribution in [0, 0.1) is 5.82 Å². The molecule has 160 valence electrons. The number of carbonyl (C=O) groups excluding carboxylic acids is 1. The highest BCUT2D eigenvalue weighted by Crippen LogP contribution is 2.17. The number of nitrogens with one attached hydrogen (secondary N) is 3. The molecular weight excluding hydrogens is 413 g/mol. The summed E-state index contributed by atoms with van der Waals surface area (Å²) in [7, 11) is 0. The predicted molar refractivity (Wildman–Crippen MR) is 110 cm³/mol. The summed E-state index contributed by atoms with van der Waals surface area (Å²) in [6.07, 6.45) is 4.75. The average molecular weight is 436 g/mol. The van der Waals surface area contributed by atoms with Crippen LogP contribution in [-0.4, -0.2) is 76.7 Å². The molecule has 9 nitrogen and oxygen atoms in total. The highest BCUT2D eigenvalue weighted by atomic mass is 35.5. The molecule has 0 radical (unpaired) electrons. The monoisotopic (exact) mass is 435 g/mol. The number of aromatic nitrogens is 3. The molecule has 1 saturated heterocycles. The Balaban J connectivity index is 1.54. The highest BCUT2D eigenvalue weighted by Gasteiger charge is 2.27. The van der Waals surface area contributed by atoms with Crippen LogP contribution in [0.5, 0.6) is 0 Å². The third-order valence-corrected chi connectivity index (χ3v) is 5.24. The number of aromatic amines is 1. The van der Waals surface area contributed by atoms with Gasteiger partial charge in [-0.3, -0.25) is 4.99 Å². The lowest BCUT2D eigenvalue weighted by atomic mass is 10.2. The van der Waals surface area contributed by atoms with E-state index in [0.29, 0.717) is 56.3 Å². The molecule has 30 heavy (non-hydrogen) atoms. The molecule has 0 spiro atoms. The van der Waals surface area contributed by atoms with Crippen LogP contribution >= 0.6 is 11.6 Å². The van der Waals surface area contributed by atoms with Crippen molar-refractivity contribution in [3.05, 3.63) is 28.9 Å². The standard InChI is InChI=1S/C19H23ClFN7O2/c1-2-22-19(29)28-3-4-30-10-12(28)7-24-18-15(21)9-26-17(27-18)14-8-25-16-13(14)5-11(20)6-23-16/h5,8-9,11-12H,2-4,6-7,10H2,1H3,(H,22,29)(H,23,25)(H,24,26,27). The molecule has 2 atom stereocenters. The first-order valence-electron chi connectivity index (χ1n) is 9.83. The van der Waals surface area contributed by atoms with Gasteiger partial charge in [-0.25, -0.2) is 19.2 Å². The lowest BCUT2D eigenvalue weighted by molar-refractivity contribution is 0.0171. The van der Waals surface area contributed by atoms with Gasteiger partial charge < -0.3 is 25.3 Å². The van der Waals surface area contributed by atoms with Crippen LogP contribution < -0.4 is 21.3 Å². The fourth-order valence-electron chi connectivity index (χ4n) is 3.50. The number of nitrogens with zero attached hydrogens (tertiary/aromatic N) is 4. The van der Waals surface area contributed by atoms with Gasteiger partial charge in [-0.15, -0.1) is 11.6 Å². The molecule has 4 rings (SSSR count). The van der Waals surface area contributed by atoms with Gasteiger partial charge in [-0.05, 0) is 6.92 Å². The maximum absolute atomic E-state index is 14.4. The lowest BCUT2D eigenvalue weighted by Crippen LogP contribution is -2.54. The normalized spacial score (nSPS) is 20.7. The van der Waals surface area contributed by atoms with E-state index in [1.807, 2.05) is 13.0 Å². The maximum Gasteiger partial charge on any atom is 0.317 e. The first kappa shape index (κ1) is 20.5. The van der Waals surface area contributed by atoms with Crippen molar-refractivity contribution in [2.45, 2.75) is 18.3 Å². The highest BCUT2D eigenvalue weighted by molar-refractivity contribution is 6.24. The molecule has 2 aliphatic heterocycles. The molecule has 0 bridgehead atoms. The summed E-state index contributed by atoms with van der Waals surface area (Å²) in [5, 5.41) is 6.39. The van der Waals surface area contributed by atoms with Crippen LogP contribution in [0.3, 0.4) is 0 Å². The first-order valence-corrected chi connectivity index (χ1v) is 10.3. The molecule has 0 aromatic carbocycles. The molecule has 2 amide bonds. The van der Waals surface area contributed by atoms with Gasteiger partial charge in [0.25, 0.3) is 0 Å². The molecule has 11 heteroatoms. The number of urea groups is 1. The van der Waals surface area contributed by atoms with Crippen molar-refractivity contribution >= 4 is 29.5 Å². The van der Waals surface area contributed by atoms with Crippen LogP contribution in [0.15, 0.2) is 17.4 Å². The maximum atomic E-state index is 14.4. The number of hydrogen-bond acceptors (Lipinski definition) is 6. The fourth-order valence-corrected chi connectivity index (χ4v) is 3.69. The van der Waals surface area contributed by atoms with Crippen molar-refractivity contribution in [2.24, 2.45) is 4.99 Å².